The zero-order chi connectivity index (χ0) is 11.7. The van der Waals surface area contributed by atoms with Gasteiger partial charge in [0.1, 0.15) is 5.82 Å². The van der Waals surface area contributed by atoms with Crippen molar-refractivity contribution in [3.63, 3.8) is 0 Å². The molecule has 3 nitrogen and oxygen atoms in total. The van der Waals surface area contributed by atoms with Gasteiger partial charge < -0.3 is 10.6 Å². The minimum Gasteiger partial charge on any atom is -0.360 e. The first-order chi connectivity index (χ1) is 7.56. The summed E-state index contributed by atoms with van der Waals surface area (Å²) in [5.74, 6) is 0.694. The van der Waals surface area contributed by atoms with Gasteiger partial charge in [0.05, 0.1) is 15.2 Å². The molecule has 1 aliphatic carbocycles. The molecule has 1 saturated carbocycles. The summed E-state index contributed by atoms with van der Waals surface area (Å²) in [6.45, 7) is 1.86. The highest BCUT2D eigenvalue weighted by atomic mass is 79.9. The van der Waals surface area contributed by atoms with Crippen LogP contribution in [-0.2, 0) is 0 Å². The Morgan fingerprint density at radius 3 is 2.94 bits per heavy atom. The van der Waals surface area contributed by atoms with Crippen LogP contribution in [0.15, 0.2) is 10.5 Å². The molecule has 0 aromatic carbocycles. The van der Waals surface area contributed by atoms with Crippen LogP contribution in [0.1, 0.15) is 18.5 Å². The summed E-state index contributed by atoms with van der Waals surface area (Å²) in [6, 6.07) is 2.35. The average molecular weight is 321 g/mol. The van der Waals surface area contributed by atoms with E-state index < -0.39 is 0 Å². The Hall–Kier alpha value is -0.390. The molecule has 86 valence electrons. The van der Waals surface area contributed by atoms with Crippen molar-refractivity contribution >= 4 is 50.7 Å². The molecular formula is C10H11BrClN3S. The summed E-state index contributed by atoms with van der Waals surface area (Å²) >= 11 is 14.5. The van der Waals surface area contributed by atoms with Gasteiger partial charge in [-0.2, -0.15) is 0 Å². The number of aromatic nitrogens is 1. The monoisotopic (exact) mass is 319 g/mol. The van der Waals surface area contributed by atoms with Crippen molar-refractivity contribution in [3.8, 4) is 0 Å². The van der Waals surface area contributed by atoms with Gasteiger partial charge in [-0.25, -0.2) is 4.98 Å². The molecule has 1 aliphatic rings. The smallest absolute Gasteiger partial charge is 0.172 e. The standard InChI is InChI=1S/C10H11BrClN3S/c1-5-8(12)4-7(11)9(13-5)15-10(16)14-6-2-3-6/h4,6H,2-3H2,1H3,(H2,13,14,15,16). The van der Waals surface area contributed by atoms with Crippen molar-refractivity contribution in [2.24, 2.45) is 0 Å². The van der Waals surface area contributed by atoms with Crippen molar-refractivity contribution in [2.75, 3.05) is 5.32 Å². The van der Waals surface area contributed by atoms with Gasteiger partial charge in [-0.15, -0.1) is 0 Å². The Labute approximate surface area is 113 Å². The van der Waals surface area contributed by atoms with Gasteiger partial charge in [-0.3, -0.25) is 0 Å². The number of thiocarbonyl (C=S) groups is 1. The summed E-state index contributed by atoms with van der Waals surface area (Å²) in [4.78, 5) is 4.32. The van der Waals surface area contributed by atoms with E-state index in [1.54, 1.807) is 0 Å². The first kappa shape index (κ1) is 12.1. The number of rotatable bonds is 2. The molecule has 1 aromatic rings. The highest BCUT2D eigenvalue weighted by Gasteiger charge is 2.22. The van der Waals surface area contributed by atoms with Gasteiger partial charge in [-0.1, -0.05) is 11.6 Å². The molecule has 0 aliphatic heterocycles. The Morgan fingerprint density at radius 1 is 1.62 bits per heavy atom. The molecule has 1 heterocycles. The lowest BCUT2D eigenvalue weighted by atomic mass is 10.3. The number of hydrogen-bond acceptors (Lipinski definition) is 2. The summed E-state index contributed by atoms with van der Waals surface area (Å²) in [5, 5.41) is 7.49. The van der Waals surface area contributed by atoms with Crippen LogP contribution in [0.5, 0.6) is 0 Å². The van der Waals surface area contributed by atoms with Gasteiger partial charge in [-0.05, 0) is 54.0 Å². The Balaban J connectivity index is 2.07. The Kier molecular flexibility index (Phi) is 3.66. The van der Waals surface area contributed by atoms with Crippen molar-refractivity contribution in [1.82, 2.24) is 10.3 Å². The van der Waals surface area contributed by atoms with Crippen molar-refractivity contribution < 1.29 is 0 Å². The van der Waals surface area contributed by atoms with E-state index in [0.29, 0.717) is 22.0 Å². The van der Waals surface area contributed by atoms with Gasteiger partial charge in [0.15, 0.2) is 5.11 Å². The van der Waals surface area contributed by atoms with E-state index in [9.17, 15) is 0 Å². The number of hydrogen-bond donors (Lipinski definition) is 2. The maximum atomic E-state index is 5.95. The number of nitrogens with one attached hydrogen (secondary N) is 2. The van der Waals surface area contributed by atoms with Gasteiger partial charge in [0.2, 0.25) is 0 Å². The normalized spacial score (nSPS) is 14.7. The minimum absolute atomic E-state index is 0.534. The zero-order valence-corrected chi connectivity index (χ0v) is 11.8. The molecule has 16 heavy (non-hydrogen) atoms. The largest absolute Gasteiger partial charge is 0.360 e. The fourth-order valence-corrected chi connectivity index (χ4v) is 2.17. The van der Waals surface area contributed by atoms with Gasteiger partial charge in [0.25, 0.3) is 0 Å². The predicted octanol–water partition coefficient (Wildman–Crippen LogP) is 3.25. The number of pyridine rings is 1. The number of nitrogens with zero attached hydrogens (tertiary/aromatic N) is 1. The van der Waals surface area contributed by atoms with Gasteiger partial charge in [0, 0.05) is 6.04 Å². The second-order valence-corrected chi connectivity index (χ2v) is 5.43. The number of halogens is 2. The van der Waals surface area contributed by atoms with Gasteiger partial charge >= 0.3 is 0 Å². The van der Waals surface area contributed by atoms with E-state index in [1.807, 2.05) is 13.0 Å². The molecule has 1 fully saturated rings. The average Bonchev–Trinajstić information content (AvgIpc) is 2.98. The molecule has 0 spiro atoms. The maximum Gasteiger partial charge on any atom is 0.172 e. The molecule has 6 heteroatoms. The third-order valence-corrected chi connectivity index (χ3v) is 3.46. The molecule has 2 rings (SSSR count). The van der Waals surface area contributed by atoms with Crippen LogP contribution >= 0.6 is 39.7 Å². The van der Waals surface area contributed by atoms with E-state index in [1.165, 1.54) is 12.8 Å². The highest BCUT2D eigenvalue weighted by molar-refractivity contribution is 9.10. The molecular weight excluding hydrogens is 310 g/mol. The molecule has 0 saturated heterocycles. The number of aryl methyl sites for hydroxylation is 1. The van der Waals surface area contributed by atoms with Crippen LogP contribution in [0, 0.1) is 6.92 Å². The van der Waals surface area contributed by atoms with E-state index in [4.69, 9.17) is 23.8 Å². The first-order valence-corrected chi connectivity index (χ1v) is 6.54. The van der Waals surface area contributed by atoms with E-state index >= 15 is 0 Å². The molecule has 0 amide bonds. The molecule has 1 aromatic heterocycles. The molecule has 2 N–H and O–H groups in total. The fourth-order valence-electron chi connectivity index (χ4n) is 1.20. The summed E-state index contributed by atoms with van der Waals surface area (Å²) in [5.41, 5.74) is 0.779. The maximum absolute atomic E-state index is 5.95. The second-order valence-electron chi connectivity index (χ2n) is 3.76. The molecule has 0 bridgehead atoms. The Morgan fingerprint density at radius 2 is 2.31 bits per heavy atom. The van der Waals surface area contributed by atoms with E-state index in [-0.39, 0.29) is 0 Å². The van der Waals surface area contributed by atoms with Crippen molar-refractivity contribution in [3.05, 3.63) is 21.3 Å². The lowest BCUT2D eigenvalue weighted by molar-refractivity contribution is 0.918. The lowest BCUT2D eigenvalue weighted by Gasteiger charge is -2.11. The first-order valence-electron chi connectivity index (χ1n) is 4.96. The Bertz CT molecular complexity index is 434. The lowest BCUT2D eigenvalue weighted by Crippen LogP contribution is -2.30. The highest BCUT2D eigenvalue weighted by Crippen LogP contribution is 2.26. The van der Waals surface area contributed by atoms with Crippen LogP contribution < -0.4 is 10.6 Å². The fraction of sp³-hybridized carbons (Fsp3) is 0.400. The molecule has 0 unspecified atom stereocenters. The summed E-state index contributed by atoms with van der Waals surface area (Å²) in [6.07, 6.45) is 2.38. The van der Waals surface area contributed by atoms with Crippen LogP contribution in [0.3, 0.4) is 0 Å². The van der Waals surface area contributed by atoms with Crippen molar-refractivity contribution in [1.29, 1.82) is 0 Å². The quantitative estimate of drug-likeness (QED) is 0.820. The topological polar surface area (TPSA) is 37.0 Å². The van der Waals surface area contributed by atoms with E-state index in [0.717, 1.165) is 10.2 Å². The predicted molar refractivity (Wildman–Crippen MR) is 74.1 cm³/mol. The van der Waals surface area contributed by atoms with Crippen LogP contribution in [-0.4, -0.2) is 16.1 Å². The zero-order valence-electron chi connectivity index (χ0n) is 8.68. The van der Waals surface area contributed by atoms with Crippen LogP contribution in [0.25, 0.3) is 0 Å². The molecule has 0 radical (unpaired) electrons. The summed E-state index contributed by atoms with van der Waals surface area (Å²) < 4.78 is 0.808. The SMILES string of the molecule is Cc1nc(NC(=S)NC2CC2)c(Br)cc1Cl. The molecule has 0 atom stereocenters. The third kappa shape index (κ3) is 3.06. The minimum atomic E-state index is 0.534. The van der Waals surface area contributed by atoms with Crippen LogP contribution in [0.4, 0.5) is 5.82 Å². The number of anilines is 1. The van der Waals surface area contributed by atoms with Crippen molar-refractivity contribution in [2.45, 2.75) is 25.8 Å². The second kappa shape index (κ2) is 4.85. The summed E-state index contributed by atoms with van der Waals surface area (Å²) in [7, 11) is 0. The third-order valence-electron chi connectivity index (χ3n) is 2.25. The van der Waals surface area contributed by atoms with Crippen LogP contribution in [0.2, 0.25) is 5.02 Å². The van der Waals surface area contributed by atoms with E-state index in [2.05, 4.69) is 31.5 Å².